The fourth-order valence-electron chi connectivity index (χ4n) is 2.44. The van der Waals surface area contributed by atoms with Gasteiger partial charge in [0.25, 0.3) is 0 Å². The van der Waals surface area contributed by atoms with Gasteiger partial charge in [0, 0.05) is 32.4 Å². The molecule has 1 aromatic heterocycles. The summed E-state index contributed by atoms with van der Waals surface area (Å²) in [5.74, 6) is 0.950. The lowest BCUT2D eigenvalue weighted by Gasteiger charge is -2.35. The third-order valence-electron chi connectivity index (χ3n) is 3.57. The lowest BCUT2D eigenvalue weighted by Crippen LogP contribution is -2.47. The topological polar surface area (TPSA) is 45.4 Å². The molecule has 2 heterocycles. The van der Waals surface area contributed by atoms with Crippen molar-refractivity contribution in [2.24, 2.45) is 0 Å². The zero-order valence-electron chi connectivity index (χ0n) is 11.3. The fourth-order valence-corrected chi connectivity index (χ4v) is 2.44. The highest BCUT2D eigenvalue weighted by molar-refractivity contribution is 5.62. The van der Waals surface area contributed by atoms with Gasteiger partial charge in [0.15, 0.2) is 5.82 Å². The van der Waals surface area contributed by atoms with Crippen LogP contribution in [0.4, 0.5) is 11.5 Å². The monoisotopic (exact) mass is 248 g/mol. The molecule has 0 aromatic carbocycles. The normalized spacial score (nSPS) is 17.1. The van der Waals surface area contributed by atoms with Crippen LogP contribution >= 0.6 is 0 Å². The molecule has 2 rings (SSSR count). The second-order valence-electron chi connectivity index (χ2n) is 4.95. The van der Waals surface area contributed by atoms with Crippen LogP contribution in [-0.2, 0) is 0 Å². The van der Waals surface area contributed by atoms with E-state index in [2.05, 4.69) is 21.7 Å². The van der Waals surface area contributed by atoms with Gasteiger partial charge in [-0.1, -0.05) is 19.8 Å². The van der Waals surface area contributed by atoms with Crippen LogP contribution in [0.3, 0.4) is 0 Å². The molecular formula is C14H24N4. The van der Waals surface area contributed by atoms with Crippen molar-refractivity contribution in [3.05, 3.63) is 18.3 Å². The predicted octanol–water partition coefficient (Wildman–Crippen LogP) is 1.98. The van der Waals surface area contributed by atoms with Crippen molar-refractivity contribution in [1.29, 1.82) is 0 Å². The molecule has 1 fully saturated rings. The zero-order valence-corrected chi connectivity index (χ0v) is 11.3. The van der Waals surface area contributed by atoms with Crippen molar-refractivity contribution in [2.45, 2.75) is 26.2 Å². The number of nitrogens with zero attached hydrogens (tertiary/aromatic N) is 3. The Morgan fingerprint density at radius 1 is 1.22 bits per heavy atom. The molecule has 0 bridgehead atoms. The Hall–Kier alpha value is -1.29. The molecule has 0 unspecified atom stereocenters. The van der Waals surface area contributed by atoms with Crippen LogP contribution in [0.15, 0.2) is 18.3 Å². The molecule has 0 spiro atoms. The minimum absolute atomic E-state index is 0.789. The van der Waals surface area contributed by atoms with Crippen LogP contribution in [0.1, 0.15) is 26.2 Å². The van der Waals surface area contributed by atoms with E-state index in [9.17, 15) is 0 Å². The second-order valence-corrected chi connectivity index (χ2v) is 4.95. The van der Waals surface area contributed by atoms with Crippen molar-refractivity contribution in [3.63, 3.8) is 0 Å². The van der Waals surface area contributed by atoms with Gasteiger partial charge in [-0.05, 0) is 25.1 Å². The lowest BCUT2D eigenvalue weighted by molar-refractivity contribution is 0.252. The highest BCUT2D eigenvalue weighted by Gasteiger charge is 2.18. The zero-order chi connectivity index (χ0) is 12.8. The Labute approximate surface area is 110 Å². The van der Waals surface area contributed by atoms with Crippen molar-refractivity contribution in [1.82, 2.24) is 9.88 Å². The third-order valence-corrected chi connectivity index (χ3v) is 3.57. The number of piperazine rings is 1. The molecule has 1 aliphatic rings. The van der Waals surface area contributed by atoms with E-state index in [4.69, 9.17) is 5.73 Å². The molecular weight excluding hydrogens is 224 g/mol. The molecule has 0 radical (unpaired) electrons. The standard InChI is InChI=1S/C14H24N4/c1-2-3-4-8-17-9-11-18(12-10-17)14-13(15)6-5-7-16-14/h5-7H,2-4,8-12,15H2,1H3. The molecule has 0 saturated carbocycles. The molecule has 1 aliphatic heterocycles. The second kappa shape index (κ2) is 6.59. The van der Waals surface area contributed by atoms with Gasteiger partial charge in [-0.3, -0.25) is 4.90 Å². The van der Waals surface area contributed by atoms with Gasteiger partial charge in [0.05, 0.1) is 5.69 Å². The van der Waals surface area contributed by atoms with E-state index >= 15 is 0 Å². The average molecular weight is 248 g/mol. The van der Waals surface area contributed by atoms with E-state index in [1.54, 1.807) is 0 Å². The summed E-state index contributed by atoms with van der Waals surface area (Å²) in [4.78, 5) is 9.23. The molecule has 4 heteroatoms. The number of hydrogen-bond donors (Lipinski definition) is 1. The van der Waals surface area contributed by atoms with E-state index in [0.717, 1.165) is 37.7 Å². The number of hydrogen-bond acceptors (Lipinski definition) is 4. The van der Waals surface area contributed by atoms with E-state index in [1.165, 1.54) is 25.8 Å². The van der Waals surface area contributed by atoms with Crippen molar-refractivity contribution < 1.29 is 0 Å². The van der Waals surface area contributed by atoms with E-state index < -0.39 is 0 Å². The molecule has 1 aromatic rings. The molecule has 18 heavy (non-hydrogen) atoms. The van der Waals surface area contributed by atoms with Gasteiger partial charge in [-0.15, -0.1) is 0 Å². The molecule has 1 saturated heterocycles. The summed E-state index contributed by atoms with van der Waals surface area (Å²) in [7, 11) is 0. The first-order chi connectivity index (χ1) is 8.81. The maximum Gasteiger partial charge on any atom is 0.151 e. The number of anilines is 2. The van der Waals surface area contributed by atoms with Crippen LogP contribution in [0.2, 0.25) is 0 Å². The van der Waals surface area contributed by atoms with Crippen molar-refractivity contribution in [3.8, 4) is 0 Å². The Bertz CT molecular complexity index is 359. The smallest absolute Gasteiger partial charge is 0.151 e. The van der Waals surface area contributed by atoms with Gasteiger partial charge in [-0.2, -0.15) is 0 Å². The van der Waals surface area contributed by atoms with Gasteiger partial charge >= 0.3 is 0 Å². The number of nitrogen functional groups attached to an aromatic ring is 1. The minimum atomic E-state index is 0.789. The van der Waals surface area contributed by atoms with Crippen LogP contribution in [0.5, 0.6) is 0 Å². The Balaban J connectivity index is 1.81. The summed E-state index contributed by atoms with van der Waals surface area (Å²) in [5, 5.41) is 0. The highest BCUT2D eigenvalue weighted by Crippen LogP contribution is 2.20. The maximum atomic E-state index is 5.97. The molecule has 0 atom stereocenters. The van der Waals surface area contributed by atoms with Crippen LogP contribution < -0.4 is 10.6 Å². The number of unbranched alkanes of at least 4 members (excludes halogenated alkanes) is 2. The first kappa shape index (κ1) is 13.1. The molecule has 0 amide bonds. The number of nitrogens with two attached hydrogens (primary N) is 1. The van der Waals surface area contributed by atoms with Gasteiger partial charge in [-0.25, -0.2) is 4.98 Å². The predicted molar refractivity (Wildman–Crippen MR) is 76.8 cm³/mol. The Morgan fingerprint density at radius 3 is 2.67 bits per heavy atom. The van der Waals surface area contributed by atoms with Crippen molar-refractivity contribution >= 4 is 11.5 Å². The summed E-state index contributed by atoms with van der Waals surface area (Å²) in [6, 6.07) is 3.82. The molecule has 4 nitrogen and oxygen atoms in total. The maximum absolute atomic E-state index is 5.97. The molecule has 2 N–H and O–H groups in total. The molecule has 100 valence electrons. The van der Waals surface area contributed by atoms with Crippen LogP contribution in [0.25, 0.3) is 0 Å². The SMILES string of the molecule is CCCCCN1CCN(c2ncccc2N)CC1. The van der Waals surface area contributed by atoms with E-state index in [1.807, 2.05) is 18.3 Å². The van der Waals surface area contributed by atoms with Gasteiger partial charge in [0.2, 0.25) is 0 Å². The van der Waals surface area contributed by atoms with Crippen LogP contribution in [-0.4, -0.2) is 42.6 Å². The highest BCUT2D eigenvalue weighted by atomic mass is 15.3. The Kier molecular flexibility index (Phi) is 4.81. The average Bonchev–Trinajstić information content (AvgIpc) is 2.41. The Morgan fingerprint density at radius 2 is 2.00 bits per heavy atom. The number of pyridine rings is 1. The van der Waals surface area contributed by atoms with E-state index in [-0.39, 0.29) is 0 Å². The van der Waals surface area contributed by atoms with Gasteiger partial charge < -0.3 is 10.6 Å². The van der Waals surface area contributed by atoms with Crippen molar-refractivity contribution in [2.75, 3.05) is 43.4 Å². The summed E-state index contributed by atoms with van der Waals surface area (Å²) in [5.41, 5.74) is 6.76. The third kappa shape index (κ3) is 3.35. The first-order valence-corrected chi connectivity index (χ1v) is 6.99. The quantitative estimate of drug-likeness (QED) is 0.809. The number of rotatable bonds is 5. The van der Waals surface area contributed by atoms with E-state index in [0.29, 0.717) is 0 Å². The largest absolute Gasteiger partial charge is 0.396 e. The summed E-state index contributed by atoms with van der Waals surface area (Å²) in [6.45, 7) is 7.81. The summed E-state index contributed by atoms with van der Waals surface area (Å²) < 4.78 is 0. The lowest BCUT2D eigenvalue weighted by atomic mass is 10.2. The summed E-state index contributed by atoms with van der Waals surface area (Å²) >= 11 is 0. The number of aromatic nitrogens is 1. The summed E-state index contributed by atoms with van der Waals surface area (Å²) in [6.07, 6.45) is 5.78. The van der Waals surface area contributed by atoms with Gasteiger partial charge in [0.1, 0.15) is 0 Å². The fraction of sp³-hybridized carbons (Fsp3) is 0.643. The van der Waals surface area contributed by atoms with Crippen LogP contribution in [0, 0.1) is 0 Å². The minimum Gasteiger partial charge on any atom is -0.396 e. The first-order valence-electron chi connectivity index (χ1n) is 6.99. The molecule has 0 aliphatic carbocycles.